The lowest BCUT2D eigenvalue weighted by molar-refractivity contribution is -0.145. The van der Waals surface area contributed by atoms with E-state index < -0.39 is 19.2 Å². The first-order valence-corrected chi connectivity index (χ1v) is 5.67. The molecule has 4 nitrogen and oxygen atoms in total. The van der Waals surface area contributed by atoms with Crippen LogP contribution in [0.3, 0.4) is 0 Å². The van der Waals surface area contributed by atoms with Gasteiger partial charge in [0.15, 0.2) is 0 Å². The van der Waals surface area contributed by atoms with Gasteiger partial charge in [-0.3, -0.25) is 4.79 Å². The number of anilines is 2. The normalized spacial score (nSPS) is 11.3. The van der Waals surface area contributed by atoms with Gasteiger partial charge in [0.25, 0.3) is 0 Å². The Balaban J connectivity index is 2.16. The van der Waals surface area contributed by atoms with Gasteiger partial charge in [0, 0.05) is 11.4 Å². The molecule has 1 aromatic carbocycles. The predicted molar refractivity (Wildman–Crippen MR) is 65.6 cm³/mol. The number of halogens is 3. The maximum atomic E-state index is 11.8. The summed E-state index contributed by atoms with van der Waals surface area (Å²) >= 11 is 0. The number of amides is 1. The summed E-state index contributed by atoms with van der Waals surface area (Å²) in [6, 6.07) is 6.54. The van der Waals surface area contributed by atoms with Gasteiger partial charge in [-0.25, -0.2) is 0 Å². The fraction of sp³-hybridized carbons (Fsp3) is 0.417. The topological polar surface area (TPSA) is 64.3 Å². The van der Waals surface area contributed by atoms with Crippen molar-refractivity contribution in [3.8, 4) is 0 Å². The van der Waals surface area contributed by atoms with Crippen molar-refractivity contribution in [2.45, 2.75) is 19.0 Å². The van der Waals surface area contributed by atoms with Gasteiger partial charge in [-0.1, -0.05) is 0 Å². The molecule has 0 fully saturated rings. The molecule has 7 heteroatoms. The minimum atomic E-state index is -4.23. The number of hydrogen-bond donors (Lipinski definition) is 2. The van der Waals surface area contributed by atoms with E-state index in [-0.39, 0.29) is 18.9 Å². The van der Waals surface area contributed by atoms with Crippen molar-refractivity contribution in [2.24, 2.45) is 0 Å². The molecule has 3 N–H and O–H groups in total. The van der Waals surface area contributed by atoms with Gasteiger partial charge in [0.05, 0.1) is 26.1 Å². The summed E-state index contributed by atoms with van der Waals surface area (Å²) in [4.78, 5) is 11.4. The third kappa shape index (κ3) is 7.30. The second-order valence-electron chi connectivity index (χ2n) is 3.90. The molecule has 0 saturated heterocycles. The van der Waals surface area contributed by atoms with Gasteiger partial charge >= 0.3 is 6.18 Å². The predicted octanol–water partition coefficient (Wildman–Crippen LogP) is 2.57. The highest BCUT2D eigenvalue weighted by molar-refractivity contribution is 5.90. The van der Waals surface area contributed by atoms with Crippen LogP contribution in [-0.2, 0) is 9.53 Å². The lowest BCUT2D eigenvalue weighted by Gasteiger charge is -2.08. The Labute approximate surface area is 108 Å². The molecule has 1 aromatic rings. The molecule has 19 heavy (non-hydrogen) atoms. The van der Waals surface area contributed by atoms with E-state index in [9.17, 15) is 18.0 Å². The van der Waals surface area contributed by atoms with Crippen LogP contribution in [0.25, 0.3) is 0 Å². The molecule has 0 heterocycles. The fourth-order valence-corrected chi connectivity index (χ4v) is 1.24. The van der Waals surface area contributed by atoms with Crippen LogP contribution in [-0.4, -0.2) is 25.3 Å². The van der Waals surface area contributed by atoms with E-state index in [0.29, 0.717) is 11.4 Å². The average molecular weight is 276 g/mol. The van der Waals surface area contributed by atoms with Crippen LogP contribution >= 0.6 is 0 Å². The molecule has 0 saturated carbocycles. The fourth-order valence-electron chi connectivity index (χ4n) is 1.24. The summed E-state index contributed by atoms with van der Waals surface area (Å²) < 4.78 is 40.1. The van der Waals surface area contributed by atoms with Crippen molar-refractivity contribution in [2.75, 3.05) is 24.3 Å². The van der Waals surface area contributed by atoms with Gasteiger partial charge in [0.2, 0.25) is 5.91 Å². The Morgan fingerprint density at radius 3 is 2.42 bits per heavy atom. The summed E-state index contributed by atoms with van der Waals surface area (Å²) in [5, 5.41) is 2.58. The number of nitrogen functional groups attached to an aromatic ring is 1. The van der Waals surface area contributed by atoms with Gasteiger partial charge in [-0.2, -0.15) is 13.2 Å². The molecular formula is C12H15F3N2O2. The Morgan fingerprint density at radius 2 is 1.84 bits per heavy atom. The first kappa shape index (κ1) is 15.3. The molecule has 0 aromatic heterocycles. The van der Waals surface area contributed by atoms with E-state index in [0.717, 1.165) is 0 Å². The third-order valence-electron chi connectivity index (χ3n) is 2.20. The SMILES string of the molecule is Nc1ccc(NC(=O)CCOCCC(F)(F)F)cc1. The van der Waals surface area contributed by atoms with Crippen LogP contribution in [0, 0.1) is 0 Å². The van der Waals surface area contributed by atoms with Crippen molar-refractivity contribution in [3.63, 3.8) is 0 Å². The number of carbonyl (C=O) groups is 1. The number of nitrogens with two attached hydrogens (primary N) is 1. The van der Waals surface area contributed by atoms with Crippen LogP contribution in [0.15, 0.2) is 24.3 Å². The summed E-state index contributed by atoms with van der Waals surface area (Å²) in [6.45, 7) is -0.477. The monoisotopic (exact) mass is 276 g/mol. The minimum absolute atomic E-state index is 0.00222. The maximum Gasteiger partial charge on any atom is 0.391 e. The molecule has 0 radical (unpaired) electrons. The van der Waals surface area contributed by atoms with Crippen LogP contribution in [0.5, 0.6) is 0 Å². The number of rotatable bonds is 6. The minimum Gasteiger partial charge on any atom is -0.399 e. The molecule has 0 aliphatic carbocycles. The molecule has 0 aliphatic rings. The second-order valence-corrected chi connectivity index (χ2v) is 3.90. The third-order valence-corrected chi connectivity index (χ3v) is 2.20. The number of nitrogens with one attached hydrogen (secondary N) is 1. The maximum absolute atomic E-state index is 11.8. The van der Waals surface area contributed by atoms with E-state index in [1.165, 1.54) is 0 Å². The van der Waals surface area contributed by atoms with Crippen LogP contribution in [0.1, 0.15) is 12.8 Å². The lowest BCUT2D eigenvalue weighted by atomic mass is 10.3. The summed E-state index contributed by atoms with van der Waals surface area (Å²) in [5.74, 6) is -0.322. The molecule has 0 aliphatic heterocycles. The van der Waals surface area contributed by atoms with Gasteiger partial charge in [0.1, 0.15) is 0 Å². The Morgan fingerprint density at radius 1 is 1.21 bits per heavy atom. The number of benzene rings is 1. The zero-order chi connectivity index (χ0) is 14.3. The van der Waals surface area contributed by atoms with Gasteiger partial charge in [-0.15, -0.1) is 0 Å². The molecular weight excluding hydrogens is 261 g/mol. The number of carbonyl (C=O) groups excluding carboxylic acids is 1. The smallest absolute Gasteiger partial charge is 0.391 e. The quantitative estimate of drug-likeness (QED) is 0.620. The molecule has 1 amide bonds. The first-order valence-electron chi connectivity index (χ1n) is 5.67. The highest BCUT2D eigenvalue weighted by Gasteiger charge is 2.26. The lowest BCUT2D eigenvalue weighted by Crippen LogP contribution is -2.16. The van der Waals surface area contributed by atoms with E-state index in [1.807, 2.05) is 0 Å². The van der Waals surface area contributed by atoms with Crippen LogP contribution in [0.4, 0.5) is 24.5 Å². The van der Waals surface area contributed by atoms with E-state index >= 15 is 0 Å². The summed E-state index contributed by atoms with van der Waals surface area (Å²) in [5.41, 5.74) is 6.64. The van der Waals surface area contributed by atoms with Crippen LogP contribution < -0.4 is 11.1 Å². The van der Waals surface area contributed by atoms with Crippen molar-refractivity contribution in [3.05, 3.63) is 24.3 Å². The highest BCUT2D eigenvalue weighted by atomic mass is 19.4. The molecule has 106 valence electrons. The van der Waals surface area contributed by atoms with E-state index in [4.69, 9.17) is 10.5 Å². The highest BCUT2D eigenvalue weighted by Crippen LogP contribution is 2.19. The second kappa shape index (κ2) is 6.98. The molecule has 0 atom stereocenters. The van der Waals surface area contributed by atoms with Crippen molar-refractivity contribution in [1.82, 2.24) is 0 Å². The van der Waals surface area contributed by atoms with Crippen LogP contribution in [0.2, 0.25) is 0 Å². The average Bonchev–Trinajstić information content (AvgIpc) is 2.30. The molecule has 0 unspecified atom stereocenters. The van der Waals surface area contributed by atoms with E-state index in [2.05, 4.69) is 5.32 Å². The zero-order valence-electron chi connectivity index (χ0n) is 10.2. The largest absolute Gasteiger partial charge is 0.399 e. The molecule has 0 bridgehead atoms. The van der Waals surface area contributed by atoms with Gasteiger partial charge < -0.3 is 15.8 Å². The molecule has 1 rings (SSSR count). The standard InChI is InChI=1S/C12H15F3N2O2/c13-12(14,15)6-8-19-7-5-11(18)17-10-3-1-9(16)2-4-10/h1-4H,5-8,16H2,(H,17,18). The van der Waals surface area contributed by atoms with Crippen molar-refractivity contribution >= 4 is 17.3 Å². The Bertz CT molecular complexity index is 404. The van der Waals surface area contributed by atoms with Crippen molar-refractivity contribution in [1.29, 1.82) is 0 Å². The zero-order valence-corrected chi connectivity index (χ0v) is 10.2. The summed E-state index contributed by atoms with van der Waals surface area (Å²) in [6.07, 6.45) is -5.24. The summed E-state index contributed by atoms with van der Waals surface area (Å²) in [7, 11) is 0. The number of alkyl halides is 3. The molecule has 0 spiro atoms. The number of hydrogen-bond acceptors (Lipinski definition) is 3. The number of ether oxygens (including phenoxy) is 1. The Kier molecular flexibility index (Phi) is 5.62. The first-order chi connectivity index (χ1) is 8.87. The Hall–Kier alpha value is -1.76. The van der Waals surface area contributed by atoms with Gasteiger partial charge in [-0.05, 0) is 24.3 Å². The van der Waals surface area contributed by atoms with Crippen molar-refractivity contribution < 1.29 is 22.7 Å². The van der Waals surface area contributed by atoms with E-state index in [1.54, 1.807) is 24.3 Å².